The van der Waals surface area contributed by atoms with Crippen molar-refractivity contribution in [3.05, 3.63) is 23.8 Å². The summed E-state index contributed by atoms with van der Waals surface area (Å²) < 4.78 is 10.9. The lowest BCUT2D eigenvalue weighted by atomic mass is 9.75. The van der Waals surface area contributed by atoms with E-state index in [1.54, 1.807) is 18.2 Å². The number of carboxylic acid groups (broad SMARTS) is 1. The Labute approximate surface area is 122 Å². The number of benzene rings is 1. The molecule has 0 aromatic heterocycles. The van der Waals surface area contributed by atoms with Crippen molar-refractivity contribution in [1.29, 1.82) is 0 Å². The first-order chi connectivity index (χ1) is 10.2. The van der Waals surface area contributed by atoms with E-state index in [2.05, 4.69) is 0 Å². The van der Waals surface area contributed by atoms with Gasteiger partial charge in [-0.25, -0.2) is 0 Å². The second-order valence-corrected chi connectivity index (χ2v) is 5.56. The van der Waals surface area contributed by atoms with Crippen LogP contribution in [0.4, 0.5) is 0 Å². The largest absolute Gasteiger partial charge is 0.486 e. The fourth-order valence-electron chi connectivity index (χ4n) is 3.15. The average molecular weight is 290 g/mol. The predicted molar refractivity (Wildman–Crippen MR) is 74.8 cm³/mol. The summed E-state index contributed by atoms with van der Waals surface area (Å²) in [5.41, 5.74) is 0.511. The molecule has 1 aliphatic carbocycles. The van der Waals surface area contributed by atoms with E-state index in [-0.39, 0.29) is 5.78 Å². The molecule has 3 rings (SSSR count). The van der Waals surface area contributed by atoms with E-state index in [9.17, 15) is 14.7 Å². The zero-order valence-electron chi connectivity index (χ0n) is 11.7. The standard InChI is InChI=1S/C16H18O5/c17-15(11-3-1-2-4-12(11)16(18)19)10-5-6-13-14(9-10)21-8-7-20-13/h5-6,9,11-12H,1-4,7-8H2,(H,18,19)/t11-,12+/m1/s1. The van der Waals surface area contributed by atoms with Crippen molar-refractivity contribution in [3.63, 3.8) is 0 Å². The molecule has 0 unspecified atom stereocenters. The van der Waals surface area contributed by atoms with Crippen molar-refractivity contribution in [2.75, 3.05) is 13.2 Å². The van der Waals surface area contributed by atoms with Crippen molar-refractivity contribution in [3.8, 4) is 11.5 Å². The number of ketones is 1. The summed E-state index contributed by atoms with van der Waals surface area (Å²) in [7, 11) is 0. The molecule has 1 aliphatic heterocycles. The van der Waals surface area contributed by atoms with Gasteiger partial charge in [0.05, 0.1) is 5.92 Å². The molecule has 112 valence electrons. The van der Waals surface area contributed by atoms with Gasteiger partial charge in [-0.3, -0.25) is 9.59 Å². The Kier molecular flexibility index (Phi) is 3.82. The summed E-state index contributed by atoms with van der Waals surface area (Å²) in [5, 5.41) is 9.30. The molecule has 0 saturated heterocycles. The maximum absolute atomic E-state index is 12.6. The maximum Gasteiger partial charge on any atom is 0.307 e. The SMILES string of the molecule is O=C(O)[C@H]1CCCC[C@H]1C(=O)c1ccc2c(c1)OCCO2. The molecular weight excluding hydrogens is 272 g/mol. The van der Waals surface area contributed by atoms with Gasteiger partial charge in [0.25, 0.3) is 0 Å². The molecule has 2 atom stereocenters. The average Bonchev–Trinajstić information content (AvgIpc) is 2.53. The Morgan fingerprint density at radius 3 is 2.38 bits per heavy atom. The van der Waals surface area contributed by atoms with Crippen LogP contribution in [-0.4, -0.2) is 30.1 Å². The van der Waals surface area contributed by atoms with Crippen LogP contribution in [-0.2, 0) is 4.79 Å². The highest BCUT2D eigenvalue weighted by Gasteiger charge is 2.36. The molecule has 5 nitrogen and oxygen atoms in total. The minimum Gasteiger partial charge on any atom is -0.486 e. The van der Waals surface area contributed by atoms with Gasteiger partial charge < -0.3 is 14.6 Å². The monoisotopic (exact) mass is 290 g/mol. The van der Waals surface area contributed by atoms with Gasteiger partial charge in [0, 0.05) is 11.5 Å². The molecule has 0 radical (unpaired) electrons. The summed E-state index contributed by atoms with van der Waals surface area (Å²) in [5.74, 6) is -0.770. The Morgan fingerprint density at radius 1 is 1.00 bits per heavy atom. The van der Waals surface area contributed by atoms with Crippen molar-refractivity contribution in [2.24, 2.45) is 11.8 Å². The zero-order valence-corrected chi connectivity index (χ0v) is 11.7. The van der Waals surface area contributed by atoms with E-state index < -0.39 is 17.8 Å². The van der Waals surface area contributed by atoms with E-state index >= 15 is 0 Å². The quantitative estimate of drug-likeness (QED) is 0.866. The number of rotatable bonds is 3. The van der Waals surface area contributed by atoms with E-state index in [0.29, 0.717) is 43.1 Å². The van der Waals surface area contributed by atoms with Crippen LogP contribution in [0.1, 0.15) is 36.0 Å². The highest BCUT2D eigenvalue weighted by atomic mass is 16.6. The molecule has 1 aromatic carbocycles. The summed E-state index contributed by atoms with van der Waals surface area (Å²) in [6.45, 7) is 0.968. The van der Waals surface area contributed by atoms with Crippen LogP contribution in [0, 0.1) is 11.8 Å². The first-order valence-corrected chi connectivity index (χ1v) is 7.33. The fourth-order valence-corrected chi connectivity index (χ4v) is 3.15. The van der Waals surface area contributed by atoms with Crippen molar-refractivity contribution < 1.29 is 24.2 Å². The number of Topliss-reactive ketones (excluding diaryl/α,β-unsaturated/α-hetero) is 1. The van der Waals surface area contributed by atoms with Gasteiger partial charge >= 0.3 is 5.97 Å². The van der Waals surface area contributed by atoms with Crippen molar-refractivity contribution in [1.82, 2.24) is 0 Å². The molecule has 0 amide bonds. The third-order valence-corrected chi connectivity index (χ3v) is 4.25. The molecule has 2 aliphatic rings. The van der Waals surface area contributed by atoms with E-state index in [0.717, 1.165) is 12.8 Å². The molecule has 1 fully saturated rings. The highest BCUT2D eigenvalue weighted by Crippen LogP contribution is 2.36. The lowest BCUT2D eigenvalue weighted by Crippen LogP contribution is -2.32. The van der Waals surface area contributed by atoms with E-state index in [1.807, 2.05) is 0 Å². The summed E-state index contributed by atoms with van der Waals surface area (Å²) in [4.78, 5) is 24.0. The minimum absolute atomic E-state index is 0.0981. The van der Waals surface area contributed by atoms with Crippen molar-refractivity contribution >= 4 is 11.8 Å². The summed E-state index contributed by atoms with van der Waals surface area (Å²) in [6, 6.07) is 5.09. The predicted octanol–water partition coefficient (Wildman–Crippen LogP) is 2.53. The number of hydrogen-bond donors (Lipinski definition) is 1. The molecule has 1 N–H and O–H groups in total. The number of hydrogen-bond acceptors (Lipinski definition) is 4. The van der Waals surface area contributed by atoms with Crippen LogP contribution in [0.2, 0.25) is 0 Å². The summed E-state index contributed by atoms with van der Waals surface area (Å²) in [6.07, 6.45) is 3.01. The molecule has 5 heteroatoms. The number of ether oxygens (including phenoxy) is 2. The van der Waals surface area contributed by atoms with Crippen molar-refractivity contribution in [2.45, 2.75) is 25.7 Å². The van der Waals surface area contributed by atoms with Crippen LogP contribution in [0.3, 0.4) is 0 Å². The highest BCUT2D eigenvalue weighted by molar-refractivity contribution is 6.00. The van der Waals surface area contributed by atoms with E-state index in [4.69, 9.17) is 9.47 Å². The minimum atomic E-state index is -0.870. The van der Waals surface area contributed by atoms with Gasteiger partial charge in [-0.2, -0.15) is 0 Å². The molecule has 1 heterocycles. The van der Waals surface area contributed by atoms with Gasteiger partial charge in [0.2, 0.25) is 0 Å². The number of carboxylic acids is 1. The Hall–Kier alpha value is -2.04. The maximum atomic E-state index is 12.6. The number of carbonyl (C=O) groups excluding carboxylic acids is 1. The van der Waals surface area contributed by atoms with Gasteiger partial charge in [0.15, 0.2) is 17.3 Å². The zero-order chi connectivity index (χ0) is 14.8. The molecule has 1 aromatic rings. The first-order valence-electron chi connectivity index (χ1n) is 7.33. The third kappa shape index (κ3) is 2.73. The van der Waals surface area contributed by atoms with Gasteiger partial charge in [-0.05, 0) is 31.0 Å². The molecule has 1 saturated carbocycles. The number of carbonyl (C=O) groups is 2. The second-order valence-electron chi connectivity index (χ2n) is 5.56. The molecule has 0 spiro atoms. The van der Waals surface area contributed by atoms with Gasteiger partial charge in [-0.1, -0.05) is 12.8 Å². The third-order valence-electron chi connectivity index (χ3n) is 4.25. The Bertz CT molecular complexity index is 566. The van der Waals surface area contributed by atoms with Crippen LogP contribution in [0.15, 0.2) is 18.2 Å². The second kappa shape index (κ2) is 5.76. The van der Waals surface area contributed by atoms with Crippen LogP contribution in [0.25, 0.3) is 0 Å². The first kappa shape index (κ1) is 13.9. The Balaban J connectivity index is 1.85. The van der Waals surface area contributed by atoms with Crippen LogP contribution < -0.4 is 9.47 Å². The Morgan fingerprint density at radius 2 is 1.67 bits per heavy atom. The normalized spacial score (nSPS) is 24.4. The van der Waals surface area contributed by atoms with Crippen LogP contribution >= 0.6 is 0 Å². The molecule has 0 bridgehead atoms. The molecule has 21 heavy (non-hydrogen) atoms. The van der Waals surface area contributed by atoms with Crippen LogP contribution in [0.5, 0.6) is 11.5 Å². The van der Waals surface area contributed by atoms with Gasteiger partial charge in [-0.15, -0.1) is 0 Å². The summed E-state index contributed by atoms with van der Waals surface area (Å²) >= 11 is 0. The topological polar surface area (TPSA) is 72.8 Å². The van der Waals surface area contributed by atoms with E-state index in [1.165, 1.54) is 0 Å². The smallest absolute Gasteiger partial charge is 0.307 e. The number of aliphatic carboxylic acids is 1. The number of fused-ring (bicyclic) bond motifs is 1. The van der Waals surface area contributed by atoms with Gasteiger partial charge in [0.1, 0.15) is 13.2 Å². The lowest BCUT2D eigenvalue weighted by molar-refractivity contribution is -0.144. The molecular formula is C16H18O5. The fraction of sp³-hybridized carbons (Fsp3) is 0.500. The lowest BCUT2D eigenvalue weighted by Gasteiger charge is -2.27.